The number of sulfonamides is 1. The van der Waals surface area contributed by atoms with Crippen molar-refractivity contribution >= 4 is 10.0 Å². The minimum Gasteiger partial charge on any atom is -0.274 e. The lowest BCUT2D eigenvalue weighted by Crippen LogP contribution is -2.32. The summed E-state index contributed by atoms with van der Waals surface area (Å²) in [5, 5.41) is 3.12. The van der Waals surface area contributed by atoms with E-state index in [0.717, 1.165) is 19.2 Å². The van der Waals surface area contributed by atoms with Crippen LogP contribution in [0.5, 0.6) is 0 Å². The van der Waals surface area contributed by atoms with Crippen molar-refractivity contribution in [3.63, 3.8) is 0 Å². The molecule has 1 heterocycles. The Balaban J connectivity index is 2.13. The average Bonchev–Trinajstić information content (AvgIpc) is 2.75. The van der Waals surface area contributed by atoms with Crippen LogP contribution in [0.3, 0.4) is 0 Å². The molecule has 0 unspecified atom stereocenters. The van der Waals surface area contributed by atoms with E-state index in [1.54, 1.807) is 0 Å². The van der Waals surface area contributed by atoms with Crippen molar-refractivity contribution in [3.05, 3.63) is 46.4 Å². The highest BCUT2D eigenvalue weighted by molar-refractivity contribution is 7.89. The minimum absolute atomic E-state index is 0.311. The maximum Gasteiger partial charge on any atom is 0.451 e. The largest absolute Gasteiger partial charge is 0.451 e. The Morgan fingerprint density at radius 1 is 1.25 bits per heavy atom. The molecular weight excluding hydrogens is 356 g/mol. The third-order valence-corrected chi connectivity index (χ3v) is 4.53. The second kappa shape index (κ2) is 6.36. The van der Waals surface area contributed by atoms with E-state index in [1.807, 2.05) is 4.72 Å². The topological polar surface area (TPSA) is 86.0 Å². The summed E-state index contributed by atoms with van der Waals surface area (Å²) < 4.78 is 78.0. The zero-order chi connectivity index (χ0) is 18.1. The number of hydrogen-bond donors (Lipinski definition) is 1. The van der Waals surface area contributed by atoms with Gasteiger partial charge in [0.1, 0.15) is 10.7 Å². The molecule has 0 fully saturated rings. The molecule has 24 heavy (non-hydrogen) atoms. The summed E-state index contributed by atoms with van der Waals surface area (Å²) in [5.74, 6) is -2.37. The molecule has 0 radical (unpaired) electrons. The lowest BCUT2D eigenvalue weighted by atomic mass is 10.4. The number of halogens is 4. The van der Waals surface area contributed by atoms with Gasteiger partial charge in [0.15, 0.2) is 0 Å². The molecule has 0 saturated heterocycles. The van der Waals surface area contributed by atoms with Gasteiger partial charge in [-0.05, 0) is 12.1 Å². The van der Waals surface area contributed by atoms with Gasteiger partial charge < -0.3 is 0 Å². The fraction of sp³-hybridized carbons (Fsp3) is 0.333. The molecule has 0 aliphatic heterocycles. The van der Waals surface area contributed by atoms with Crippen LogP contribution in [0.2, 0.25) is 0 Å². The van der Waals surface area contributed by atoms with Crippen LogP contribution in [0.1, 0.15) is 5.82 Å². The Morgan fingerprint density at radius 2 is 1.88 bits per heavy atom. The second-order valence-electron chi connectivity index (χ2n) is 4.71. The first-order valence-electron chi connectivity index (χ1n) is 6.49. The molecule has 2 rings (SSSR count). The lowest BCUT2D eigenvalue weighted by molar-refractivity contribution is -0.147. The highest BCUT2D eigenvalue weighted by atomic mass is 32.2. The molecular formula is C12H12F4N4O3S. The number of alkyl halides is 3. The molecule has 0 spiro atoms. The first-order chi connectivity index (χ1) is 11.0. The third kappa shape index (κ3) is 3.64. The SMILES string of the molecule is Cn1c(C(F)(F)F)nn(CCNS(=O)(=O)c2ccccc2F)c1=O. The molecule has 0 atom stereocenters. The smallest absolute Gasteiger partial charge is 0.274 e. The van der Waals surface area contributed by atoms with Crippen LogP contribution >= 0.6 is 0 Å². The molecule has 0 saturated carbocycles. The summed E-state index contributed by atoms with van der Waals surface area (Å²) in [7, 11) is -3.30. The Labute approximate surface area is 133 Å². The van der Waals surface area contributed by atoms with E-state index >= 15 is 0 Å². The summed E-state index contributed by atoms with van der Waals surface area (Å²) in [5.41, 5.74) is -1.05. The molecule has 2 aromatic rings. The normalized spacial score (nSPS) is 12.5. The molecule has 7 nitrogen and oxygen atoms in total. The van der Waals surface area contributed by atoms with Crippen molar-refractivity contribution in [2.24, 2.45) is 7.05 Å². The first kappa shape index (κ1) is 18.1. The highest BCUT2D eigenvalue weighted by Crippen LogP contribution is 2.25. The van der Waals surface area contributed by atoms with Crippen LogP contribution in [0.15, 0.2) is 34.0 Å². The van der Waals surface area contributed by atoms with E-state index in [2.05, 4.69) is 5.10 Å². The summed E-state index contributed by atoms with van der Waals surface area (Å²) in [6.45, 7) is -0.888. The summed E-state index contributed by atoms with van der Waals surface area (Å²) in [4.78, 5) is 11.0. The van der Waals surface area contributed by atoms with Crippen molar-refractivity contribution in [3.8, 4) is 0 Å². The van der Waals surface area contributed by atoms with Gasteiger partial charge in [-0.2, -0.15) is 13.2 Å². The summed E-state index contributed by atoms with van der Waals surface area (Å²) in [6, 6.07) is 4.61. The molecule has 1 aromatic carbocycles. The fourth-order valence-electron chi connectivity index (χ4n) is 1.91. The van der Waals surface area contributed by atoms with Gasteiger partial charge in [0.25, 0.3) is 0 Å². The first-order valence-corrected chi connectivity index (χ1v) is 7.97. The zero-order valence-electron chi connectivity index (χ0n) is 12.2. The molecule has 0 bridgehead atoms. The van der Waals surface area contributed by atoms with Crippen LogP contribution in [0.25, 0.3) is 0 Å². The van der Waals surface area contributed by atoms with Crippen LogP contribution in [-0.2, 0) is 29.8 Å². The Bertz CT molecular complexity index is 902. The van der Waals surface area contributed by atoms with Crippen molar-refractivity contribution in [2.45, 2.75) is 17.6 Å². The Hall–Kier alpha value is -2.21. The van der Waals surface area contributed by atoms with E-state index in [-0.39, 0.29) is 0 Å². The third-order valence-electron chi connectivity index (χ3n) is 3.04. The van der Waals surface area contributed by atoms with Gasteiger partial charge in [-0.3, -0.25) is 4.57 Å². The average molecular weight is 368 g/mol. The van der Waals surface area contributed by atoms with Gasteiger partial charge in [0, 0.05) is 13.6 Å². The lowest BCUT2D eigenvalue weighted by Gasteiger charge is -2.07. The second-order valence-corrected chi connectivity index (χ2v) is 6.45. The van der Waals surface area contributed by atoms with Gasteiger partial charge in [0.2, 0.25) is 15.8 Å². The van der Waals surface area contributed by atoms with Crippen molar-refractivity contribution < 1.29 is 26.0 Å². The van der Waals surface area contributed by atoms with E-state index in [1.165, 1.54) is 12.1 Å². The van der Waals surface area contributed by atoms with Crippen LogP contribution < -0.4 is 10.4 Å². The maximum atomic E-state index is 13.5. The van der Waals surface area contributed by atoms with E-state index < -0.39 is 51.5 Å². The summed E-state index contributed by atoms with van der Waals surface area (Å²) >= 11 is 0. The molecule has 0 aliphatic carbocycles. The minimum atomic E-state index is -4.81. The van der Waals surface area contributed by atoms with Crippen LogP contribution in [0, 0.1) is 5.82 Å². The molecule has 0 amide bonds. The standard InChI is InChI=1S/C12H12F4N4O3S/c1-19-10(12(14,15)16)18-20(11(19)21)7-6-17-24(22,23)9-5-3-2-4-8(9)13/h2-5,17H,6-7H2,1H3. The van der Waals surface area contributed by atoms with Gasteiger partial charge in [-0.15, -0.1) is 5.10 Å². The van der Waals surface area contributed by atoms with Gasteiger partial charge >= 0.3 is 11.9 Å². The molecule has 1 N–H and O–H groups in total. The Morgan fingerprint density at radius 3 is 2.42 bits per heavy atom. The molecule has 0 aliphatic rings. The summed E-state index contributed by atoms with van der Waals surface area (Å²) in [6.07, 6.45) is -4.81. The zero-order valence-corrected chi connectivity index (χ0v) is 13.0. The van der Waals surface area contributed by atoms with E-state index in [9.17, 15) is 30.8 Å². The van der Waals surface area contributed by atoms with Crippen molar-refractivity contribution in [2.75, 3.05) is 6.54 Å². The fourth-order valence-corrected chi connectivity index (χ4v) is 3.00. The van der Waals surface area contributed by atoms with Gasteiger partial charge in [-0.1, -0.05) is 12.1 Å². The number of nitrogens with zero attached hydrogens (tertiary/aromatic N) is 3. The maximum absolute atomic E-state index is 13.5. The van der Waals surface area contributed by atoms with Gasteiger partial charge in [-0.25, -0.2) is 27.0 Å². The van der Waals surface area contributed by atoms with Crippen molar-refractivity contribution in [1.82, 2.24) is 19.1 Å². The van der Waals surface area contributed by atoms with Crippen LogP contribution in [-0.4, -0.2) is 29.3 Å². The number of aromatic nitrogens is 3. The number of benzene rings is 1. The Kier molecular flexibility index (Phi) is 4.80. The number of nitrogens with one attached hydrogen (secondary N) is 1. The predicted molar refractivity (Wildman–Crippen MR) is 74.1 cm³/mol. The number of rotatable bonds is 5. The quantitative estimate of drug-likeness (QED) is 0.788. The monoisotopic (exact) mass is 368 g/mol. The van der Waals surface area contributed by atoms with Crippen molar-refractivity contribution in [1.29, 1.82) is 0 Å². The van der Waals surface area contributed by atoms with Gasteiger partial charge in [0.05, 0.1) is 6.54 Å². The van der Waals surface area contributed by atoms with E-state index in [0.29, 0.717) is 9.25 Å². The highest BCUT2D eigenvalue weighted by Gasteiger charge is 2.37. The van der Waals surface area contributed by atoms with Crippen LogP contribution in [0.4, 0.5) is 17.6 Å². The number of hydrogen-bond acceptors (Lipinski definition) is 4. The molecule has 132 valence electrons. The molecule has 12 heteroatoms. The van der Waals surface area contributed by atoms with E-state index in [4.69, 9.17) is 0 Å². The molecule has 1 aromatic heterocycles. The predicted octanol–water partition coefficient (Wildman–Crippen LogP) is 0.718.